The van der Waals surface area contributed by atoms with E-state index in [1.54, 1.807) is 0 Å². The molecule has 1 aromatic rings. The lowest BCUT2D eigenvalue weighted by Crippen LogP contribution is -2.46. The lowest BCUT2D eigenvalue weighted by Gasteiger charge is -2.39. The number of nitrogens with one attached hydrogen (secondary N) is 1. The Kier molecular flexibility index (Phi) is 4.86. The summed E-state index contributed by atoms with van der Waals surface area (Å²) in [5, 5.41) is 14.6. The molecular weight excluding hydrogens is 284 g/mol. The summed E-state index contributed by atoms with van der Waals surface area (Å²) >= 11 is 6.19. The quantitative estimate of drug-likeness (QED) is 0.896. The molecule has 1 fully saturated rings. The molecule has 1 atom stereocenters. The molecule has 1 aromatic carbocycles. The summed E-state index contributed by atoms with van der Waals surface area (Å²) in [5.74, 6) is 0. The van der Waals surface area contributed by atoms with Gasteiger partial charge in [-0.05, 0) is 58.2 Å². The Morgan fingerprint density at radius 3 is 2.71 bits per heavy atom. The molecule has 1 aliphatic rings. The summed E-state index contributed by atoms with van der Waals surface area (Å²) < 4.78 is 0. The second-order valence-corrected chi connectivity index (χ2v) is 7.84. The van der Waals surface area contributed by atoms with Crippen LogP contribution in [-0.2, 0) is 6.54 Å². The predicted octanol–water partition coefficient (Wildman–Crippen LogP) is 3.58. The smallest absolute Gasteiger partial charge is 0.0794 e. The molecule has 0 aliphatic carbocycles. The number of piperidine rings is 1. The van der Waals surface area contributed by atoms with Gasteiger partial charge in [-0.15, -0.1) is 0 Å². The molecule has 1 unspecified atom stereocenters. The molecule has 0 aromatic heterocycles. The van der Waals surface area contributed by atoms with Crippen molar-refractivity contribution in [1.82, 2.24) is 5.32 Å². The monoisotopic (exact) mass is 310 g/mol. The number of β-amino-alcohol motifs (C(OH)–C–C–N with tert-alkyl or cyclic N) is 1. The van der Waals surface area contributed by atoms with E-state index in [9.17, 15) is 5.11 Å². The van der Waals surface area contributed by atoms with E-state index in [4.69, 9.17) is 11.6 Å². The summed E-state index contributed by atoms with van der Waals surface area (Å²) in [5.41, 5.74) is 1.82. The van der Waals surface area contributed by atoms with Gasteiger partial charge >= 0.3 is 0 Å². The van der Waals surface area contributed by atoms with Gasteiger partial charge < -0.3 is 15.3 Å². The molecule has 0 bridgehead atoms. The van der Waals surface area contributed by atoms with Crippen LogP contribution in [-0.4, -0.2) is 29.3 Å². The Morgan fingerprint density at radius 1 is 1.38 bits per heavy atom. The first-order chi connectivity index (χ1) is 9.66. The second kappa shape index (κ2) is 6.15. The van der Waals surface area contributed by atoms with E-state index in [0.717, 1.165) is 36.6 Å². The van der Waals surface area contributed by atoms with Crippen LogP contribution in [0.4, 0.5) is 5.69 Å². The zero-order valence-corrected chi connectivity index (χ0v) is 14.3. The van der Waals surface area contributed by atoms with E-state index < -0.39 is 5.60 Å². The zero-order chi connectivity index (χ0) is 15.7. The number of anilines is 1. The Balaban J connectivity index is 2.22. The summed E-state index contributed by atoms with van der Waals surface area (Å²) in [7, 11) is 0. The minimum Gasteiger partial charge on any atom is -0.388 e. The van der Waals surface area contributed by atoms with Gasteiger partial charge in [-0.1, -0.05) is 17.7 Å². The maximum absolute atomic E-state index is 10.3. The van der Waals surface area contributed by atoms with Crippen molar-refractivity contribution in [3.8, 4) is 0 Å². The molecule has 1 heterocycles. The fraction of sp³-hybridized carbons (Fsp3) is 0.647. The third-order valence-electron chi connectivity index (χ3n) is 3.87. The second-order valence-electron chi connectivity index (χ2n) is 7.40. The van der Waals surface area contributed by atoms with Crippen molar-refractivity contribution >= 4 is 17.3 Å². The van der Waals surface area contributed by atoms with E-state index >= 15 is 0 Å². The van der Waals surface area contributed by atoms with Crippen LogP contribution in [0.2, 0.25) is 5.02 Å². The molecule has 0 amide bonds. The molecule has 0 radical (unpaired) electrons. The zero-order valence-electron chi connectivity index (χ0n) is 13.5. The van der Waals surface area contributed by atoms with Gasteiger partial charge in [0.25, 0.3) is 0 Å². The number of hydrogen-bond acceptors (Lipinski definition) is 3. The largest absolute Gasteiger partial charge is 0.388 e. The SMILES string of the molecule is CC1(O)CCCN(c2cc(Cl)ccc2CNC(C)(C)C)C1. The average Bonchev–Trinajstić information content (AvgIpc) is 2.35. The summed E-state index contributed by atoms with van der Waals surface area (Å²) in [6.07, 6.45) is 1.87. The van der Waals surface area contributed by atoms with Crippen molar-refractivity contribution in [1.29, 1.82) is 0 Å². The summed E-state index contributed by atoms with van der Waals surface area (Å²) in [4.78, 5) is 2.26. The van der Waals surface area contributed by atoms with Crippen molar-refractivity contribution < 1.29 is 5.11 Å². The molecule has 1 saturated heterocycles. The van der Waals surface area contributed by atoms with Crippen LogP contribution in [0.1, 0.15) is 46.1 Å². The molecule has 0 spiro atoms. The standard InChI is InChI=1S/C17H27ClN2O/c1-16(2,3)19-11-13-6-7-14(18)10-15(13)20-9-5-8-17(4,21)12-20/h6-7,10,19,21H,5,8-9,11-12H2,1-4H3. The number of aliphatic hydroxyl groups is 1. The highest BCUT2D eigenvalue weighted by Crippen LogP contribution is 2.30. The highest BCUT2D eigenvalue weighted by Gasteiger charge is 2.29. The molecule has 4 heteroatoms. The van der Waals surface area contributed by atoms with Crippen molar-refractivity contribution in [3.63, 3.8) is 0 Å². The van der Waals surface area contributed by atoms with E-state index in [2.05, 4.69) is 37.1 Å². The van der Waals surface area contributed by atoms with Crippen molar-refractivity contribution in [2.75, 3.05) is 18.0 Å². The third kappa shape index (κ3) is 4.87. The van der Waals surface area contributed by atoms with Crippen LogP contribution in [0.3, 0.4) is 0 Å². The fourth-order valence-corrected chi connectivity index (χ4v) is 2.93. The number of nitrogens with zero attached hydrogens (tertiary/aromatic N) is 1. The van der Waals surface area contributed by atoms with E-state index in [-0.39, 0.29) is 5.54 Å². The molecule has 0 saturated carbocycles. The lowest BCUT2D eigenvalue weighted by molar-refractivity contribution is 0.0449. The van der Waals surface area contributed by atoms with Crippen molar-refractivity contribution in [2.24, 2.45) is 0 Å². The summed E-state index contributed by atoms with van der Waals surface area (Å²) in [6.45, 7) is 10.8. The van der Waals surface area contributed by atoms with Gasteiger partial charge in [0, 0.05) is 35.9 Å². The molecule has 2 rings (SSSR count). The van der Waals surface area contributed by atoms with Gasteiger partial charge in [0.05, 0.1) is 5.60 Å². The molecule has 1 aliphatic heterocycles. The lowest BCUT2D eigenvalue weighted by atomic mass is 9.94. The normalized spacial score (nSPS) is 23.4. The van der Waals surface area contributed by atoms with Crippen molar-refractivity contribution in [2.45, 2.75) is 58.2 Å². The number of halogens is 1. The van der Waals surface area contributed by atoms with Crippen LogP contribution in [0.15, 0.2) is 18.2 Å². The first-order valence-corrected chi connectivity index (χ1v) is 8.05. The minimum absolute atomic E-state index is 0.0737. The van der Waals surface area contributed by atoms with Gasteiger partial charge in [-0.3, -0.25) is 0 Å². The molecular formula is C17H27ClN2O. The first-order valence-electron chi connectivity index (χ1n) is 7.67. The van der Waals surface area contributed by atoms with Crippen LogP contribution in [0.25, 0.3) is 0 Å². The summed E-state index contributed by atoms with van der Waals surface area (Å²) in [6, 6.07) is 6.04. The Hall–Kier alpha value is -0.770. The topological polar surface area (TPSA) is 35.5 Å². The number of rotatable bonds is 3. The molecule has 3 nitrogen and oxygen atoms in total. The van der Waals surface area contributed by atoms with Crippen LogP contribution < -0.4 is 10.2 Å². The number of benzene rings is 1. The van der Waals surface area contributed by atoms with Gasteiger partial charge in [-0.2, -0.15) is 0 Å². The van der Waals surface area contributed by atoms with E-state index in [0.29, 0.717) is 6.54 Å². The molecule has 21 heavy (non-hydrogen) atoms. The Morgan fingerprint density at radius 2 is 2.10 bits per heavy atom. The molecule has 2 N–H and O–H groups in total. The Labute approximate surface area is 133 Å². The molecule has 118 valence electrons. The average molecular weight is 311 g/mol. The van der Waals surface area contributed by atoms with Crippen LogP contribution in [0, 0.1) is 0 Å². The van der Waals surface area contributed by atoms with Crippen LogP contribution >= 0.6 is 11.6 Å². The maximum Gasteiger partial charge on any atom is 0.0794 e. The minimum atomic E-state index is -0.616. The third-order valence-corrected chi connectivity index (χ3v) is 4.11. The van der Waals surface area contributed by atoms with Crippen LogP contribution in [0.5, 0.6) is 0 Å². The van der Waals surface area contributed by atoms with Gasteiger partial charge in [0.15, 0.2) is 0 Å². The maximum atomic E-state index is 10.3. The van der Waals surface area contributed by atoms with E-state index in [1.807, 2.05) is 19.1 Å². The van der Waals surface area contributed by atoms with E-state index in [1.165, 1.54) is 5.56 Å². The highest BCUT2D eigenvalue weighted by molar-refractivity contribution is 6.30. The van der Waals surface area contributed by atoms with Gasteiger partial charge in [0.1, 0.15) is 0 Å². The number of hydrogen-bond donors (Lipinski definition) is 2. The fourth-order valence-electron chi connectivity index (χ4n) is 2.77. The van der Waals surface area contributed by atoms with Gasteiger partial charge in [-0.25, -0.2) is 0 Å². The highest BCUT2D eigenvalue weighted by atomic mass is 35.5. The van der Waals surface area contributed by atoms with Crippen molar-refractivity contribution in [3.05, 3.63) is 28.8 Å². The van der Waals surface area contributed by atoms with Gasteiger partial charge in [0.2, 0.25) is 0 Å². The Bertz CT molecular complexity index is 494. The predicted molar refractivity (Wildman–Crippen MR) is 90.1 cm³/mol. The first kappa shape index (κ1) is 16.6.